The molecule has 0 aromatic rings. The van der Waals surface area contributed by atoms with Gasteiger partial charge >= 0.3 is 0 Å². The molecule has 1 amide bonds. The van der Waals surface area contributed by atoms with Crippen LogP contribution in [0.5, 0.6) is 0 Å². The molecule has 1 aliphatic rings. The number of nitrogens with two attached hydrogens (primary N) is 2. The lowest BCUT2D eigenvalue weighted by Gasteiger charge is -2.42. The Bertz CT molecular complexity index is 220. The van der Waals surface area contributed by atoms with Crippen molar-refractivity contribution in [2.75, 3.05) is 6.61 Å². The van der Waals surface area contributed by atoms with Gasteiger partial charge in [0.05, 0.1) is 5.60 Å². The van der Waals surface area contributed by atoms with Gasteiger partial charge in [-0.25, -0.2) is 0 Å². The van der Waals surface area contributed by atoms with Crippen LogP contribution in [-0.4, -0.2) is 23.7 Å². The Kier molecular flexibility index (Phi) is 2.63. The zero-order valence-corrected chi connectivity index (χ0v) is 8.30. The van der Waals surface area contributed by atoms with E-state index in [4.69, 9.17) is 16.2 Å². The lowest BCUT2D eigenvalue weighted by Crippen LogP contribution is -2.60. The second-order valence-electron chi connectivity index (χ2n) is 4.10. The molecule has 1 rings (SSSR count). The molecule has 4 nitrogen and oxygen atoms in total. The number of amides is 1. The first-order valence-corrected chi connectivity index (χ1v) is 4.65. The Hall–Kier alpha value is -0.610. The van der Waals surface area contributed by atoms with Gasteiger partial charge in [0.1, 0.15) is 5.54 Å². The summed E-state index contributed by atoms with van der Waals surface area (Å²) < 4.78 is 5.57. The summed E-state index contributed by atoms with van der Waals surface area (Å²) in [4.78, 5) is 11.1. The number of hydrogen-bond acceptors (Lipinski definition) is 3. The molecule has 1 aliphatic heterocycles. The first kappa shape index (κ1) is 10.5. The molecule has 1 saturated heterocycles. The van der Waals surface area contributed by atoms with Crippen molar-refractivity contribution in [2.24, 2.45) is 11.5 Å². The summed E-state index contributed by atoms with van der Waals surface area (Å²) in [5.74, 6) is -0.421. The maximum Gasteiger partial charge on any atom is 0.237 e. The van der Waals surface area contributed by atoms with Crippen LogP contribution in [0.2, 0.25) is 0 Å². The number of carbonyl (C=O) groups excluding carboxylic acids is 1. The molecule has 0 saturated carbocycles. The quantitative estimate of drug-likeness (QED) is 0.644. The van der Waals surface area contributed by atoms with Gasteiger partial charge < -0.3 is 16.2 Å². The number of carbonyl (C=O) groups is 1. The Morgan fingerprint density at radius 2 is 2.23 bits per heavy atom. The fraction of sp³-hybridized carbons (Fsp3) is 0.889. The van der Waals surface area contributed by atoms with Crippen LogP contribution >= 0.6 is 0 Å². The second-order valence-corrected chi connectivity index (χ2v) is 4.10. The van der Waals surface area contributed by atoms with Crippen LogP contribution in [0.15, 0.2) is 0 Å². The summed E-state index contributed by atoms with van der Waals surface area (Å²) >= 11 is 0. The van der Waals surface area contributed by atoms with Crippen molar-refractivity contribution in [1.29, 1.82) is 0 Å². The van der Waals surface area contributed by atoms with Crippen molar-refractivity contribution in [3.8, 4) is 0 Å². The smallest absolute Gasteiger partial charge is 0.237 e. The largest absolute Gasteiger partial charge is 0.375 e. The molecular formula is C9H18N2O2. The summed E-state index contributed by atoms with van der Waals surface area (Å²) in [5.41, 5.74) is 9.99. The third-order valence-corrected chi connectivity index (χ3v) is 2.93. The van der Waals surface area contributed by atoms with Gasteiger partial charge in [-0.05, 0) is 19.8 Å². The van der Waals surface area contributed by atoms with E-state index in [2.05, 4.69) is 0 Å². The SMILES string of the molecule is CCC1(C)CC(N)(C(N)=O)CCO1. The molecule has 76 valence electrons. The summed E-state index contributed by atoms with van der Waals surface area (Å²) in [6, 6.07) is 0. The van der Waals surface area contributed by atoms with E-state index in [0.29, 0.717) is 19.4 Å². The first-order chi connectivity index (χ1) is 5.92. The Labute approximate surface area is 78.6 Å². The van der Waals surface area contributed by atoms with Crippen LogP contribution in [0.4, 0.5) is 0 Å². The van der Waals surface area contributed by atoms with Crippen LogP contribution in [0, 0.1) is 0 Å². The molecular weight excluding hydrogens is 168 g/mol. The van der Waals surface area contributed by atoms with E-state index in [9.17, 15) is 4.79 Å². The van der Waals surface area contributed by atoms with Gasteiger partial charge in [0.15, 0.2) is 0 Å². The van der Waals surface area contributed by atoms with Gasteiger partial charge in [-0.2, -0.15) is 0 Å². The molecule has 1 fully saturated rings. The molecule has 2 unspecified atom stereocenters. The van der Waals surface area contributed by atoms with Crippen LogP contribution in [0.1, 0.15) is 33.1 Å². The minimum atomic E-state index is -0.872. The predicted octanol–water partition coefficient (Wildman–Crippen LogP) is 0.148. The average Bonchev–Trinajstić information content (AvgIpc) is 2.04. The molecule has 0 spiro atoms. The van der Waals surface area contributed by atoms with Gasteiger partial charge in [-0.1, -0.05) is 6.92 Å². The summed E-state index contributed by atoms with van der Waals surface area (Å²) in [6.45, 7) is 4.51. The molecule has 0 radical (unpaired) electrons. The van der Waals surface area contributed by atoms with Crippen LogP contribution < -0.4 is 11.5 Å². The fourth-order valence-electron chi connectivity index (χ4n) is 1.72. The third kappa shape index (κ3) is 2.00. The normalized spacial score (nSPS) is 40.2. The molecule has 4 N–H and O–H groups in total. The van der Waals surface area contributed by atoms with Crippen molar-refractivity contribution in [1.82, 2.24) is 0 Å². The van der Waals surface area contributed by atoms with Crippen molar-refractivity contribution >= 4 is 5.91 Å². The van der Waals surface area contributed by atoms with E-state index in [1.807, 2.05) is 13.8 Å². The zero-order chi connectivity index (χ0) is 10.1. The number of primary amides is 1. The highest BCUT2D eigenvalue weighted by molar-refractivity contribution is 5.84. The fourth-order valence-corrected chi connectivity index (χ4v) is 1.72. The highest BCUT2D eigenvalue weighted by Gasteiger charge is 2.43. The predicted molar refractivity (Wildman–Crippen MR) is 50.0 cm³/mol. The summed E-state index contributed by atoms with van der Waals surface area (Å²) in [7, 11) is 0. The van der Waals surface area contributed by atoms with Crippen LogP contribution in [-0.2, 0) is 9.53 Å². The lowest BCUT2D eigenvalue weighted by atomic mass is 9.79. The van der Waals surface area contributed by atoms with E-state index in [1.165, 1.54) is 0 Å². The molecule has 0 bridgehead atoms. The van der Waals surface area contributed by atoms with E-state index < -0.39 is 11.4 Å². The minimum Gasteiger partial charge on any atom is -0.375 e. The van der Waals surface area contributed by atoms with Crippen molar-refractivity contribution in [2.45, 2.75) is 44.2 Å². The summed E-state index contributed by atoms with van der Waals surface area (Å²) in [6.07, 6.45) is 1.89. The molecule has 0 aromatic heterocycles. The van der Waals surface area contributed by atoms with E-state index >= 15 is 0 Å². The average molecular weight is 186 g/mol. The topological polar surface area (TPSA) is 78.3 Å². The van der Waals surface area contributed by atoms with Gasteiger partial charge in [0.25, 0.3) is 0 Å². The number of rotatable bonds is 2. The Balaban J connectivity index is 2.76. The van der Waals surface area contributed by atoms with Gasteiger partial charge in [0, 0.05) is 13.0 Å². The molecule has 2 atom stereocenters. The molecule has 0 aliphatic carbocycles. The van der Waals surface area contributed by atoms with E-state index in [0.717, 1.165) is 6.42 Å². The minimum absolute atomic E-state index is 0.290. The van der Waals surface area contributed by atoms with Crippen LogP contribution in [0.25, 0.3) is 0 Å². The van der Waals surface area contributed by atoms with E-state index in [-0.39, 0.29) is 5.60 Å². The molecule has 4 heteroatoms. The van der Waals surface area contributed by atoms with Gasteiger partial charge in [-0.15, -0.1) is 0 Å². The summed E-state index contributed by atoms with van der Waals surface area (Å²) in [5, 5.41) is 0. The Morgan fingerprint density at radius 1 is 1.62 bits per heavy atom. The highest BCUT2D eigenvalue weighted by Crippen LogP contribution is 2.32. The van der Waals surface area contributed by atoms with Crippen LogP contribution in [0.3, 0.4) is 0 Å². The highest BCUT2D eigenvalue weighted by atomic mass is 16.5. The zero-order valence-electron chi connectivity index (χ0n) is 8.30. The van der Waals surface area contributed by atoms with Gasteiger partial charge in [0.2, 0.25) is 5.91 Å². The Morgan fingerprint density at radius 3 is 2.69 bits per heavy atom. The standard InChI is InChI=1S/C9H18N2O2/c1-3-8(2)6-9(11,7(10)12)4-5-13-8/h3-6,11H2,1-2H3,(H2,10,12). The van der Waals surface area contributed by atoms with Gasteiger partial charge in [-0.3, -0.25) is 4.79 Å². The maximum atomic E-state index is 11.1. The van der Waals surface area contributed by atoms with E-state index in [1.54, 1.807) is 0 Å². The third-order valence-electron chi connectivity index (χ3n) is 2.93. The maximum absolute atomic E-state index is 11.1. The second kappa shape index (κ2) is 3.27. The molecule has 1 heterocycles. The molecule has 13 heavy (non-hydrogen) atoms. The number of ether oxygens (including phenoxy) is 1. The van der Waals surface area contributed by atoms with Crippen molar-refractivity contribution in [3.05, 3.63) is 0 Å². The number of hydrogen-bond donors (Lipinski definition) is 2. The molecule has 0 aromatic carbocycles. The van der Waals surface area contributed by atoms with Crippen molar-refractivity contribution < 1.29 is 9.53 Å². The van der Waals surface area contributed by atoms with Crippen molar-refractivity contribution in [3.63, 3.8) is 0 Å². The lowest BCUT2D eigenvalue weighted by molar-refractivity contribution is -0.137. The first-order valence-electron chi connectivity index (χ1n) is 4.65. The monoisotopic (exact) mass is 186 g/mol.